The lowest BCUT2D eigenvalue weighted by Crippen LogP contribution is -2.35. The minimum atomic E-state index is -1.01. The number of nitrogens with zero attached hydrogens (tertiary/aromatic N) is 2. The first-order chi connectivity index (χ1) is 13.0. The average Bonchev–Trinajstić information content (AvgIpc) is 2.95. The third-order valence-corrected chi connectivity index (χ3v) is 4.44. The van der Waals surface area contributed by atoms with Gasteiger partial charge in [0, 0.05) is 25.7 Å². The topological polar surface area (TPSA) is 99.2 Å². The molecule has 0 aromatic heterocycles. The van der Waals surface area contributed by atoms with Crippen molar-refractivity contribution in [3.63, 3.8) is 0 Å². The van der Waals surface area contributed by atoms with Gasteiger partial charge in [-0.25, -0.2) is 14.5 Å². The Morgan fingerprint density at radius 1 is 1.26 bits per heavy atom. The summed E-state index contributed by atoms with van der Waals surface area (Å²) in [7, 11) is 0. The highest BCUT2D eigenvalue weighted by molar-refractivity contribution is 5.97. The molecule has 0 saturated carbocycles. The second-order valence-electron chi connectivity index (χ2n) is 6.71. The molecule has 0 radical (unpaired) electrons. The number of carbonyl (C=O) groups is 3. The van der Waals surface area contributed by atoms with E-state index in [2.05, 4.69) is 22.3 Å². The van der Waals surface area contributed by atoms with E-state index in [0.29, 0.717) is 19.4 Å². The molecule has 0 unspecified atom stereocenters. The molecule has 0 aliphatic carbocycles. The molecular formula is C19H27N3O5. The van der Waals surface area contributed by atoms with Gasteiger partial charge in [0.2, 0.25) is 0 Å². The summed E-state index contributed by atoms with van der Waals surface area (Å²) in [6, 6.07) is 9.95. The van der Waals surface area contributed by atoms with E-state index in [1.807, 2.05) is 25.1 Å². The number of carboxylic acid groups (broad SMARTS) is 1. The Hall–Kier alpha value is -2.61. The second kappa shape index (κ2) is 10.5. The Morgan fingerprint density at radius 2 is 2.00 bits per heavy atom. The third kappa shape index (κ3) is 7.26. The van der Waals surface area contributed by atoms with Crippen LogP contribution in [0, 0.1) is 0 Å². The Labute approximate surface area is 159 Å². The van der Waals surface area contributed by atoms with E-state index in [4.69, 9.17) is 9.84 Å². The zero-order chi connectivity index (χ0) is 19.6. The van der Waals surface area contributed by atoms with Crippen LogP contribution in [-0.4, -0.2) is 65.3 Å². The summed E-state index contributed by atoms with van der Waals surface area (Å²) in [4.78, 5) is 37.1. The number of hydrogen-bond donors (Lipinski definition) is 2. The molecular weight excluding hydrogens is 350 g/mol. The Balaban J connectivity index is 1.80. The van der Waals surface area contributed by atoms with Gasteiger partial charge in [0.05, 0.1) is 0 Å². The number of amides is 3. The Kier molecular flexibility index (Phi) is 8.06. The quantitative estimate of drug-likeness (QED) is 0.574. The van der Waals surface area contributed by atoms with E-state index in [-0.39, 0.29) is 18.6 Å². The van der Waals surface area contributed by atoms with Crippen LogP contribution in [-0.2, 0) is 16.1 Å². The van der Waals surface area contributed by atoms with Gasteiger partial charge in [0.25, 0.3) is 5.91 Å². The van der Waals surface area contributed by atoms with Crippen molar-refractivity contribution in [2.24, 2.45) is 0 Å². The number of ether oxygens (including phenoxy) is 1. The first-order valence-corrected chi connectivity index (χ1v) is 9.18. The molecule has 0 bridgehead atoms. The number of unbranched alkanes of at least 4 members (excludes halogenated alkanes) is 1. The van der Waals surface area contributed by atoms with Gasteiger partial charge in [0.15, 0.2) is 6.61 Å². The Bertz CT molecular complexity index is 621. The van der Waals surface area contributed by atoms with Gasteiger partial charge in [-0.1, -0.05) is 30.3 Å². The summed E-state index contributed by atoms with van der Waals surface area (Å²) in [6.07, 6.45) is 0.657. The average molecular weight is 377 g/mol. The van der Waals surface area contributed by atoms with Crippen molar-refractivity contribution in [1.82, 2.24) is 15.1 Å². The van der Waals surface area contributed by atoms with Crippen molar-refractivity contribution in [2.75, 3.05) is 26.2 Å². The zero-order valence-electron chi connectivity index (χ0n) is 15.6. The molecule has 8 nitrogen and oxygen atoms in total. The molecule has 3 amide bonds. The number of nitrogens with one attached hydrogen (secondary N) is 1. The lowest BCUT2D eigenvalue weighted by molar-refractivity contribution is -0.125. The fraction of sp³-hybridized carbons (Fsp3) is 0.526. The van der Waals surface area contributed by atoms with Gasteiger partial charge in [0.1, 0.15) is 0 Å². The molecule has 1 aromatic carbocycles. The van der Waals surface area contributed by atoms with E-state index in [1.165, 1.54) is 5.56 Å². The molecule has 1 aliphatic rings. The Morgan fingerprint density at radius 3 is 2.63 bits per heavy atom. The van der Waals surface area contributed by atoms with Crippen molar-refractivity contribution >= 4 is 18.1 Å². The smallest absolute Gasteiger partial charge is 0.417 e. The minimum absolute atomic E-state index is 0.127. The number of benzene rings is 1. The van der Waals surface area contributed by atoms with Crippen molar-refractivity contribution in [3.05, 3.63) is 35.9 Å². The predicted octanol–water partition coefficient (Wildman–Crippen LogP) is 2.29. The molecule has 0 spiro atoms. The van der Waals surface area contributed by atoms with Crippen molar-refractivity contribution in [1.29, 1.82) is 0 Å². The van der Waals surface area contributed by atoms with Gasteiger partial charge in [-0.05, 0) is 38.3 Å². The molecule has 1 heterocycles. The number of carbonyl (C=O) groups excluding carboxylic acids is 2. The van der Waals surface area contributed by atoms with Crippen LogP contribution < -0.4 is 5.32 Å². The molecule has 148 valence electrons. The maximum absolute atomic E-state index is 11.5. The zero-order valence-corrected chi connectivity index (χ0v) is 15.6. The van der Waals surface area contributed by atoms with Crippen molar-refractivity contribution < 1.29 is 24.2 Å². The van der Waals surface area contributed by atoms with Crippen LogP contribution in [0.3, 0.4) is 0 Å². The summed E-state index contributed by atoms with van der Waals surface area (Å²) < 4.78 is 4.70. The maximum atomic E-state index is 11.5. The van der Waals surface area contributed by atoms with Gasteiger partial charge in [-0.15, -0.1) is 0 Å². The summed E-state index contributed by atoms with van der Waals surface area (Å²) >= 11 is 0. The lowest BCUT2D eigenvalue weighted by Gasteiger charge is -2.24. The molecule has 1 saturated heterocycles. The minimum Gasteiger partial charge on any atom is -0.465 e. The highest BCUT2D eigenvalue weighted by Gasteiger charge is 2.30. The van der Waals surface area contributed by atoms with Crippen LogP contribution in [0.25, 0.3) is 0 Å². The maximum Gasteiger partial charge on any atom is 0.417 e. The van der Waals surface area contributed by atoms with E-state index < -0.39 is 12.2 Å². The van der Waals surface area contributed by atoms with Gasteiger partial charge >= 0.3 is 12.2 Å². The number of cyclic esters (lactones) is 1. The molecule has 1 aliphatic heterocycles. The second-order valence-corrected chi connectivity index (χ2v) is 6.71. The normalized spacial score (nSPS) is 15.1. The van der Waals surface area contributed by atoms with E-state index in [0.717, 1.165) is 31.0 Å². The fourth-order valence-corrected chi connectivity index (χ4v) is 2.97. The molecule has 2 rings (SSSR count). The van der Waals surface area contributed by atoms with Crippen molar-refractivity contribution in [2.45, 2.75) is 38.8 Å². The number of hydrogen-bond acceptors (Lipinski definition) is 5. The van der Waals surface area contributed by atoms with Gasteiger partial charge in [-0.2, -0.15) is 0 Å². The highest BCUT2D eigenvalue weighted by atomic mass is 16.6. The van der Waals surface area contributed by atoms with Crippen molar-refractivity contribution in [3.8, 4) is 0 Å². The predicted molar refractivity (Wildman–Crippen MR) is 99.3 cm³/mol. The summed E-state index contributed by atoms with van der Waals surface area (Å²) in [5.74, 6) is -0.283. The SMILES string of the molecule is C[C@@H](CCN(CCCCN1C(=O)COC1=O)Cc1ccccc1)NC(=O)O. The lowest BCUT2D eigenvalue weighted by atomic mass is 10.1. The van der Waals surface area contributed by atoms with E-state index >= 15 is 0 Å². The number of imide groups is 1. The van der Waals surface area contributed by atoms with Crippen LogP contribution in [0.2, 0.25) is 0 Å². The molecule has 1 fully saturated rings. The number of rotatable bonds is 11. The fourth-order valence-electron chi connectivity index (χ4n) is 2.97. The molecule has 27 heavy (non-hydrogen) atoms. The van der Waals surface area contributed by atoms with Crippen LogP contribution >= 0.6 is 0 Å². The molecule has 8 heteroatoms. The van der Waals surface area contributed by atoms with Crippen LogP contribution in [0.5, 0.6) is 0 Å². The van der Waals surface area contributed by atoms with E-state index in [1.54, 1.807) is 0 Å². The third-order valence-electron chi connectivity index (χ3n) is 4.44. The summed E-state index contributed by atoms with van der Waals surface area (Å²) in [5.41, 5.74) is 1.19. The largest absolute Gasteiger partial charge is 0.465 e. The molecule has 1 aromatic rings. The van der Waals surface area contributed by atoms with Gasteiger partial charge in [-0.3, -0.25) is 9.69 Å². The van der Waals surface area contributed by atoms with Crippen LogP contribution in [0.15, 0.2) is 30.3 Å². The first kappa shape index (κ1) is 20.7. The molecule has 2 N–H and O–H groups in total. The monoisotopic (exact) mass is 377 g/mol. The molecule has 1 atom stereocenters. The van der Waals surface area contributed by atoms with Crippen LogP contribution in [0.4, 0.5) is 9.59 Å². The summed E-state index contributed by atoms with van der Waals surface area (Å²) in [6.45, 7) is 4.37. The first-order valence-electron chi connectivity index (χ1n) is 9.18. The standard InChI is InChI=1S/C19H27N3O5/c1-15(20-18(24)25)9-12-21(13-16-7-3-2-4-8-16)10-5-6-11-22-17(23)14-27-19(22)26/h2-4,7-8,15,20H,5-6,9-14H2,1H3,(H,24,25)/t15-/m0/s1. The summed E-state index contributed by atoms with van der Waals surface area (Å²) in [5, 5.41) is 11.3. The highest BCUT2D eigenvalue weighted by Crippen LogP contribution is 2.10. The van der Waals surface area contributed by atoms with Crippen LogP contribution in [0.1, 0.15) is 31.7 Å². The van der Waals surface area contributed by atoms with Gasteiger partial charge < -0.3 is 15.2 Å². The van der Waals surface area contributed by atoms with E-state index in [9.17, 15) is 14.4 Å².